The van der Waals surface area contributed by atoms with Crippen LogP contribution in [0.5, 0.6) is 0 Å². The molecule has 0 aromatic heterocycles. The van der Waals surface area contributed by atoms with Crippen LogP contribution in [0.15, 0.2) is 18.2 Å². The Morgan fingerprint density at radius 3 is 2.73 bits per heavy atom. The van der Waals surface area contributed by atoms with Crippen molar-refractivity contribution in [1.82, 2.24) is 10.2 Å². The summed E-state index contributed by atoms with van der Waals surface area (Å²) in [6, 6.07) is 7.23. The first-order chi connectivity index (χ1) is 10.7. The number of aryl methyl sites for hydroxylation is 1. The highest BCUT2D eigenvalue weighted by molar-refractivity contribution is 5.68. The Morgan fingerprint density at radius 1 is 1.27 bits per heavy atom. The van der Waals surface area contributed by atoms with Gasteiger partial charge in [0.25, 0.3) is 0 Å². The van der Waals surface area contributed by atoms with E-state index < -0.39 is 0 Å². The van der Waals surface area contributed by atoms with Gasteiger partial charge in [-0.05, 0) is 43.5 Å². The fourth-order valence-corrected chi connectivity index (χ4v) is 3.57. The van der Waals surface area contributed by atoms with Crippen molar-refractivity contribution in [2.24, 2.45) is 0 Å². The van der Waals surface area contributed by atoms with Crippen LogP contribution in [0.2, 0.25) is 0 Å². The predicted molar refractivity (Wildman–Crippen MR) is 87.5 cm³/mol. The molecule has 2 aliphatic rings. The molecule has 0 spiro atoms. The number of benzene rings is 1. The Morgan fingerprint density at radius 2 is 2.05 bits per heavy atom. The highest BCUT2D eigenvalue weighted by atomic mass is 16.5. The van der Waals surface area contributed by atoms with E-state index in [1.807, 2.05) is 7.05 Å². The Bertz CT molecular complexity index is 539. The first-order valence-corrected chi connectivity index (χ1v) is 8.08. The molecule has 1 atom stereocenters. The quantitative estimate of drug-likeness (QED) is 0.902. The van der Waals surface area contributed by atoms with Gasteiger partial charge in [-0.15, -0.1) is 0 Å². The number of nitrogens with one attached hydrogen (secondary N) is 1. The van der Waals surface area contributed by atoms with E-state index in [1.165, 1.54) is 30.3 Å². The summed E-state index contributed by atoms with van der Waals surface area (Å²) < 4.78 is 4.81. The molecule has 22 heavy (non-hydrogen) atoms. The second-order valence-electron chi connectivity index (χ2n) is 6.09. The molecule has 1 saturated heterocycles. The summed E-state index contributed by atoms with van der Waals surface area (Å²) in [5.74, 6) is 0. The molecule has 120 valence electrons. The van der Waals surface area contributed by atoms with Gasteiger partial charge < -0.3 is 19.9 Å². The molecule has 1 aromatic carbocycles. The smallest absolute Gasteiger partial charge is 0.409 e. The second kappa shape index (κ2) is 6.57. The zero-order valence-electron chi connectivity index (χ0n) is 13.5. The van der Waals surface area contributed by atoms with Gasteiger partial charge in [-0.3, -0.25) is 0 Å². The van der Waals surface area contributed by atoms with Gasteiger partial charge in [-0.2, -0.15) is 0 Å². The zero-order valence-corrected chi connectivity index (χ0v) is 13.5. The van der Waals surface area contributed by atoms with Crippen LogP contribution >= 0.6 is 0 Å². The molecule has 5 heteroatoms. The average molecular weight is 303 g/mol. The van der Waals surface area contributed by atoms with Crippen molar-refractivity contribution in [1.29, 1.82) is 0 Å². The number of anilines is 1. The number of piperazine rings is 1. The van der Waals surface area contributed by atoms with E-state index >= 15 is 0 Å². The molecule has 5 nitrogen and oxygen atoms in total. The van der Waals surface area contributed by atoms with Crippen LogP contribution in [-0.4, -0.2) is 57.4 Å². The average Bonchev–Trinajstić information content (AvgIpc) is 2.60. The van der Waals surface area contributed by atoms with Crippen LogP contribution in [-0.2, 0) is 17.6 Å². The molecule has 0 saturated carbocycles. The van der Waals surface area contributed by atoms with Gasteiger partial charge in [0.15, 0.2) is 0 Å². The van der Waals surface area contributed by atoms with Crippen LogP contribution in [0.4, 0.5) is 10.5 Å². The molecule has 1 aliphatic carbocycles. The van der Waals surface area contributed by atoms with Crippen LogP contribution < -0.4 is 10.2 Å². The molecule has 1 unspecified atom stereocenters. The number of amides is 1. The first-order valence-electron chi connectivity index (χ1n) is 8.08. The van der Waals surface area contributed by atoms with Crippen LogP contribution in [0.25, 0.3) is 0 Å². The number of carbonyl (C=O) groups is 1. The number of likely N-dealkylation sites (N-methyl/N-ethyl adjacent to an activating group) is 1. The minimum atomic E-state index is -0.218. The van der Waals surface area contributed by atoms with E-state index in [0.717, 1.165) is 39.0 Å². The van der Waals surface area contributed by atoms with E-state index in [-0.39, 0.29) is 6.09 Å². The third-order valence-electron chi connectivity index (χ3n) is 4.92. The summed E-state index contributed by atoms with van der Waals surface area (Å²) in [4.78, 5) is 15.8. The zero-order chi connectivity index (χ0) is 15.5. The molecule has 1 N–H and O–H groups in total. The Kier molecular flexibility index (Phi) is 4.52. The van der Waals surface area contributed by atoms with Crippen molar-refractivity contribution in [3.8, 4) is 0 Å². The van der Waals surface area contributed by atoms with E-state index in [9.17, 15) is 4.79 Å². The normalized spacial score (nSPS) is 21.5. The molecule has 1 amide bonds. The fraction of sp³-hybridized carbons (Fsp3) is 0.588. The van der Waals surface area contributed by atoms with Gasteiger partial charge in [0, 0.05) is 37.9 Å². The molecule has 3 rings (SSSR count). The van der Waals surface area contributed by atoms with E-state index in [2.05, 4.69) is 28.4 Å². The molecular formula is C17H25N3O2. The van der Waals surface area contributed by atoms with Gasteiger partial charge >= 0.3 is 6.09 Å². The monoisotopic (exact) mass is 303 g/mol. The Hall–Kier alpha value is -1.75. The van der Waals surface area contributed by atoms with Crippen molar-refractivity contribution in [2.45, 2.75) is 25.3 Å². The number of fused-ring (bicyclic) bond motifs is 1. The minimum Gasteiger partial charge on any atom is -0.453 e. The summed E-state index contributed by atoms with van der Waals surface area (Å²) in [6.45, 7) is 3.20. The summed E-state index contributed by atoms with van der Waals surface area (Å²) >= 11 is 0. The van der Waals surface area contributed by atoms with Gasteiger partial charge in [-0.25, -0.2) is 4.79 Å². The van der Waals surface area contributed by atoms with E-state index in [4.69, 9.17) is 4.74 Å². The molecule has 1 aliphatic heterocycles. The van der Waals surface area contributed by atoms with Crippen molar-refractivity contribution < 1.29 is 9.53 Å². The standard InChI is InChI=1S/C17H25N3O2/c1-18-14-7-6-13-4-3-5-16(15(13)12-14)19-8-10-20(11-9-19)17(21)22-2/h3-5,14,18H,6-12H2,1-2H3. The Labute approximate surface area is 132 Å². The number of hydrogen-bond donors (Lipinski definition) is 1. The highest BCUT2D eigenvalue weighted by Crippen LogP contribution is 2.31. The fourth-order valence-electron chi connectivity index (χ4n) is 3.57. The van der Waals surface area contributed by atoms with Crippen LogP contribution in [0, 0.1) is 0 Å². The third-order valence-corrected chi connectivity index (χ3v) is 4.92. The lowest BCUT2D eigenvalue weighted by molar-refractivity contribution is 0.121. The molecule has 0 bridgehead atoms. The topological polar surface area (TPSA) is 44.8 Å². The maximum atomic E-state index is 11.6. The number of ether oxygens (including phenoxy) is 1. The largest absolute Gasteiger partial charge is 0.453 e. The van der Waals surface area contributed by atoms with Crippen molar-refractivity contribution >= 4 is 11.8 Å². The number of rotatable bonds is 2. The van der Waals surface area contributed by atoms with Gasteiger partial charge in [0.2, 0.25) is 0 Å². The van der Waals surface area contributed by atoms with Gasteiger partial charge in [-0.1, -0.05) is 12.1 Å². The number of methoxy groups -OCH3 is 1. The molecule has 1 fully saturated rings. The third kappa shape index (κ3) is 2.90. The second-order valence-corrected chi connectivity index (χ2v) is 6.09. The maximum Gasteiger partial charge on any atom is 0.409 e. The number of nitrogens with zero attached hydrogens (tertiary/aromatic N) is 2. The molecule has 1 aromatic rings. The minimum absolute atomic E-state index is 0.218. The summed E-state index contributed by atoms with van der Waals surface area (Å²) in [7, 11) is 3.49. The predicted octanol–water partition coefficient (Wildman–Crippen LogP) is 1.65. The lowest BCUT2D eigenvalue weighted by Gasteiger charge is -2.38. The lowest BCUT2D eigenvalue weighted by Crippen LogP contribution is -2.49. The number of hydrogen-bond acceptors (Lipinski definition) is 4. The van der Waals surface area contributed by atoms with Gasteiger partial charge in [0.1, 0.15) is 0 Å². The summed E-state index contributed by atoms with van der Waals surface area (Å²) in [5.41, 5.74) is 4.32. The van der Waals surface area contributed by atoms with Crippen molar-refractivity contribution in [3.05, 3.63) is 29.3 Å². The highest BCUT2D eigenvalue weighted by Gasteiger charge is 2.26. The maximum absolute atomic E-state index is 11.6. The van der Waals surface area contributed by atoms with Crippen LogP contribution in [0.3, 0.4) is 0 Å². The first kappa shape index (κ1) is 15.2. The summed E-state index contributed by atoms with van der Waals surface area (Å²) in [5, 5.41) is 3.42. The van der Waals surface area contributed by atoms with Crippen molar-refractivity contribution in [2.75, 3.05) is 45.2 Å². The molecule has 1 heterocycles. The SMILES string of the molecule is CNC1CCc2cccc(N3CCN(C(=O)OC)CC3)c2C1. The Balaban J connectivity index is 1.75. The number of carbonyl (C=O) groups excluding carboxylic acids is 1. The van der Waals surface area contributed by atoms with E-state index in [0.29, 0.717) is 6.04 Å². The lowest BCUT2D eigenvalue weighted by atomic mass is 9.87. The molecule has 0 radical (unpaired) electrons. The van der Waals surface area contributed by atoms with Gasteiger partial charge in [0.05, 0.1) is 7.11 Å². The summed E-state index contributed by atoms with van der Waals surface area (Å²) in [6.07, 6.45) is 3.24. The molecular weight excluding hydrogens is 278 g/mol. The van der Waals surface area contributed by atoms with Crippen LogP contribution in [0.1, 0.15) is 17.5 Å². The van der Waals surface area contributed by atoms with E-state index in [1.54, 1.807) is 4.90 Å². The van der Waals surface area contributed by atoms with Crippen molar-refractivity contribution in [3.63, 3.8) is 0 Å².